The number of aromatic nitrogens is 3. The molecule has 6 nitrogen and oxygen atoms in total. The summed E-state index contributed by atoms with van der Waals surface area (Å²) in [6.45, 7) is 2.57. The van der Waals surface area contributed by atoms with Crippen LogP contribution in [0.3, 0.4) is 0 Å². The molecule has 0 radical (unpaired) electrons. The van der Waals surface area contributed by atoms with E-state index in [9.17, 15) is 0 Å². The van der Waals surface area contributed by atoms with Gasteiger partial charge in [-0.25, -0.2) is 5.10 Å². The highest BCUT2D eigenvalue weighted by Gasteiger charge is 2.10. The topological polar surface area (TPSA) is 68.3 Å². The van der Waals surface area contributed by atoms with Crippen LogP contribution in [0, 0.1) is 4.77 Å². The Kier molecular flexibility index (Phi) is 5.73. The van der Waals surface area contributed by atoms with Gasteiger partial charge in [0.1, 0.15) is 17.3 Å². The maximum absolute atomic E-state index is 5.90. The van der Waals surface area contributed by atoms with Gasteiger partial charge in [-0.3, -0.25) is 0 Å². The lowest BCUT2D eigenvalue weighted by Gasteiger charge is -2.04. The minimum Gasteiger partial charge on any atom is -0.494 e. The van der Waals surface area contributed by atoms with E-state index in [1.165, 1.54) is 0 Å². The first-order chi connectivity index (χ1) is 14.2. The van der Waals surface area contributed by atoms with Crippen LogP contribution >= 0.6 is 28.1 Å². The third-order valence-corrected chi connectivity index (χ3v) is 5.10. The second-order valence-corrected chi connectivity index (χ2v) is 7.29. The highest BCUT2D eigenvalue weighted by molar-refractivity contribution is 9.10. The van der Waals surface area contributed by atoms with Crippen molar-refractivity contribution in [3.05, 3.63) is 75.7 Å². The molecule has 146 valence electrons. The molecular formula is C21H17BrN4O2S. The summed E-state index contributed by atoms with van der Waals surface area (Å²) in [4.78, 5) is 0. The lowest BCUT2D eigenvalue weighted by molar-refractivity contribution is 0.340. The normalized spacial score (nSPS) is 11.2. The molecule has 8 heteroatoms. The Hall–Kier alpha value is -2.97. The van der Waals surface area contributed by atoms with Crippen molar-refractivity contribution < 1.29 is 9.15 Å². The highest BCUT2D eigenvalue weighted by atomic mass is 79.9. The third kappa shape index (κ3) is 4.23. The lowest BCUT2D eigenvalue weighted by atomic mass is 10.2. The van der Waals surface area contributed by atoms with Gasteiger partial charge in [0.2, 0.25) is 4.77 Å². The summed E-state index contributed by atoms with van der Waals surface area (Å²) in [7, 11) is 0. The fourth-order valence-corrected chi connectivity index (χ4v) is 3.45. The van der Waals surface area contributed by atoms with E-state index < -0.39 is 0 Å². The molecule has 4 rings (SSSR count). The fraction of sp³-hybridized carbons (Fsp3) is 0.0952. The largest absolute Gasteiger partial charge is 0.494 e. The number of rotatable bonds is 6. The quantitative estimate of drug-likeness (QED) is 0.282. The molecule has 2 heterocycles. The molecule has 29 heavy (non-hydrogen) atoms. The summed E-state index contributed by atoms with van der Waals surface area (Å²) in [5, 5.41) is 11.5. The van der Waals surface area contributed by atoms with Crippen LogP contribution in [0.15, 0.2) is 74.7 Å². The van der Waals surface area contributed by atoms with E-state index in [-0.39, 0.29) is 0 Å². The third-order valence-electron chi connectivity index (χ3n) is 4.14. The van der Waals surface area contributed by atoms with Crippen molar-refractivity contribution in [3.8, 4) is 28.5 Å². The second kappa shape index (κ2) is 8.59. The number of nitrogens with one attached hydrogen (secondary N) is 1. The Morgan fingerprint density at radius 3 is 2.72 bits per heavy atom. The molecule has 1 N–H and O–H groups in total. The van der Waals surface area contributed by atoms with Crippen molar-refractivity contribution in [2.45, 2.75) is 6.92 Å². The Labute approximate surface area is 181 Å². The molecule has 0 fully saturated rings. The van der Waals surface area contributed by atoms with Gasteiger partial charge in [0, 0.05) is 15.6 Å². The van der Waals surface area contributed by atoms with Crippen LogP contribution in [0.5, 0.6) is 5.75 Å². The maximum Gasteiger partial charge on any atom is 0.216 e. The van der Waals surface area contributed by atoms with Crippen LogP contribution in [0.4, 0.5) is 0 Å². The number of furan rings is 1. The SMILES string of the molecule is CCOc1ccc(-c2n[nH]c(=S)n2N=Cc2ccc(-c3ccccc3Br)o2)cc1. The Balaban J connectivity index is 1.61. The number of hydrogen-bond donors (Lipinski definition) is 1. The average Bonchev–Trinajstić information content (AvgIpc) is 3.34. The predicted molar refractivity (Wildman–Crippen MR) is 119 cm³/mol. The van der Waals surface area contributed by atoms with Crippen LogP contribution < -0.4 is 4.74 Å². The summed E-state index contributed by atoms with van der Waals surface area (Å²) >= 11 is 8.86. The van der Waals surface area contributed by atoms with Gasteiger partial charge >= 0.3 is 0 Å². The highest BCUT2D eigenvalue weighted by Crippen LogP contribution is 2.29. The van der Waals surface area contributed by atoms with Crippen molar-refractivity contribution in [1.29, 1.82) is 0 Å². The minimum atomic E-state index is 0.391. The summed E-state index contributed by atoms with van der Waals surface area (Å²) in [6, 6.07) is 19.3. The van der Waals surface area contributed by atoms with Gasteiger partial charge < -0.3 is 9.15 Å². The first-order valence-corrected chi connectivity index (χ1v) is 10.2. The van der Waals surface area contributed by atoms with Crippen molar-refractivity contribution >= 4 is 34.4 Å². The van der Waals surface area contributed by atoms with E-state index in [0.29, 0.717) is 23.0 Å². The van der Waals surface area contributed by atoms with Gasteiger partial charge in [0.25, 0.3) is 0 Å². The molecule has 0 amide bonds. The first-order valence-electron chi connectivity index (χ1n) is 8.95. The molecule has 2 aromatic heterocycles. The van der Waals surface area contributed by atoms with E-state index in [2.05, 4.69) is 31.2 Å². The van der Waals surface area contributed by atoms with Gasteiger partial charge in [-0.15, -0.1) is 0 Å². The van der Waals surface area contributed by atoms with Crippen LogP contribution in [0.2, 0.25) is 0 Å². The molecule has 0 bridgehead atoms. The number of benzene rings is 2. The minimum absolute atomic E-state index is 0.391. The summed E-state index contributed by atoms with van der Waals surface area (Å²) in [6.07, 6.45) is 1.61. The van der Waals surface area contributed by atoms with E-state index >= 15 is 0 Å². The number of ether oxygens (including phenoxy) is 1. The number of nitrogens with zero attached hydrogens (tertiary/aromatic N) is 3. The summed E-state index contributed by atoms with van der Waals surface area (Å²) in [5.41, 5.74) is 1.84. The van der Waals surface area contributed by atoms with Gasteiger partial charge in [-0.05, 0) is 61.6 Å². The molecule has 0 saturated carbocycles. The molecule has 2 aromatic carbocycles. The molecule has 0 aliphatic rings. The maximum atomic E-state index is 5.90. The van der Waals surface area contributed by atoms with Crippen molar-refractivity contribution in [2.75, 3.05) is 6.61 Å². The zero-order valence-electron chi connectivity index (χ0n) is 15.5. The van der Waals surface area contributed by atoms with Crippen LogP contribution in [-0.2, 0) is 0 Å². The molecule has 0 aliphatic heterocycles. The van der Waals surface area contributed by atoms with E-state index in [4.69, 9.17) is 21.4 Å². The van der Waals surface area contributed by atoms with Gasteiger partial charge in [-0.1, -0.05) is 34.1 Å². The molecule has 0 spiro atoms. The Bertz CT molecular complexity index is 1210. The van der Waals surface area contributed by atoms with Crippen LogP contribution in [0.25, 0.3) is 22.7 Å². The Morgan fingerprint density at radius 1 is 1.17 bits per heavy atom. The van der Waals surface area contributed by atoms with E-state index in [1.54, 1.807) is 10.9 Å². The summed E-state index contributed by atoms with van der Waals surface area (Å²) in [5.74, 6) is 2.76. The number of hydrogen-bond acceptors (Lipinski definition) is 5. The lowest BCUT2D eigenvalue weighted by Crippen LogP contribution is -1.95. The smallest absolute Gasteiger partial charge is 0.216 e. The van der Waals surface area contributed by atoms with E-state index in [0.717, 1.165) is 27.1 Å². The standard InChI is InChI=1S/C21H17BrN4O2S/c1-2-27-15-9-7-14(8-10-15)20-24-25-21(29)26(20)23-13-16-11-12-19(28-16)17-5-3-4-6-18(17)22/h3-13H,2H2,1H3,(H,25,29). The van der Waals surface area contributed by atoms with Crippen molar-refractivity contribution in [2.24, 2.45) is 5.10 Å². The number of halogens is 1. The number of H-pyrrole nitrogens is 1. The van der Waals surface area contributed by atoms with Crippen LogP contribution in [0.1, 0.15) is 12.7 Å². The molecule has 4 aromatic rings. The summed E-state index contributed by atoms with van der Waals surface area (Å²) < 4.78 is 14.3. The fourth-order valence-electron chi connectivity index (χ4n) is 2.80. The van der Waals surface area contributed by atoms with Gasteiger partial charge in [0.05, 0.1) is 12.8 Å². The van der Waals surface area contributed by atoms with Crippen molar-refractivity contribution in [1.82, 2.24) is 14.9 Å². The predicted octanol–water partition coefficient (Wildman–Crippen LogP) is 5.91. The zero-order valence-corrected chi connectivity index (χ0v) is 17.9. The van der Waals surface area contributed by atoms with Crippen LogP contribution in [-0.4, -0.2) is 27.7 Å². The van der Waals surface area contributed by atoms with Crippen molar-refractivity contribution in [3.63, 3.8) is 0 Å². The molecule has 0 atom stereocenters. The monoisotopic (exact) mass is 468 g/mol. The zero-order chi connectivity index (χ0) is 20.2. The molecular weight excluding hydrogens is 452 g/mol. The Morgan fingerprint density at radius 2 is 1.97 bits per heavy atom. The molecule has 0 unspecified atom stereocenters. The van der Waals surface area contributed by atoms with E-state index in [1.807, 2.05) is 67.6 Å². The van der Waals surface area contributed by atoms with Gasteiger partial charge in [-0.2, -0.15) is 14.9 Å². The number of aromatic amines is 1. The molecule has 0 saturated heterocycles. The van der Waals surface area contributed by atoms with Gasteiger partial charge in [0.15, 0.2) is 5.82 Å². The second-order valence-electron chi connectivity index (χ2n) is 6.05. The first kappa shape index (κ1) is 19.4. The molecule has 0 aliphatic carbocycles. The average molecular weight is 469 g/mol.